The Labute approximate surface area is 89.0 Å². The molecule has 15 heavy (non-hydrogen) atoms. The molecule has 0 radical (unpaired) electrons. The number of carboxylic acids is 1. The van der Waals surface area contributed by atoms with Crippen molar-refractivity contribution in [3.05, 3.63) is 0 Å². The molecule has 1 unspecified atom stereocenters. The number of hydrogen-bond acceptors (Lipinski definition) is 2. The molecule has 0 heterocycles. The van der Waals surface area contributed by atoms with Gasteiger partial charge in [0.25, 0.3) is 0 Å². The van der Waals surface area contributed by atoms with Crippen LogP contribution in [0, 0.1) is 16.7 Å². The quantitative estimate of drug-likeness (QED) is 0.682. The molecule has 0 aromatic heterocycles. The third-order valence-corrected chi connectivity index (χ3v) is 3.82. The number of carbonyl (C=O) groups is 2. The number of nitrogens with one attached hydrogen (secondary N) is 1. The van der Waals surface area contributed by atoms with Gasteiger partial charge in [-0.2, -0.15) is 0 Å². The lowest BCUT2D eigenvalue weighted by atomic mass is 10.1. The first-order chi connectivity index (χ1) is 6.88. The van der Waals surface area contributed by atoms with Crippen LogP contribution in [-0.2, 0) is 9.59 Å². The van der Waals surface area contributed by atoms with Gasteiger partial charge in [0.1, 0.15) is 5.41 Å². The molecule has 4 nitrogen and oxygen atoms in total. The zero-order valence-corrected chi connectivity index (χ0v) is 9.17. The summed E-state index contributed by atoms with van der Waals surface area (Å²) >= 11 is 0. The average molecular weight is 211 g/mol. The molecule has 2 N–H and O–H groups in total. The normalized spacial score (nSPS) is 29.3. The molecule has 2 aliphatic rings. The van der Waals surface area contributed by atoms with E-state index in [0.29, 0.717) is 30.7 Å². The van der Waals surface area contributed by atoms with Crippen LogP contribution < -0.4 is 5.32 Å². The highest BCUT2D eigenvalue weighted by Crippen LogP contribution is 2.51. The molecule has 2 fully saturated rings. The highest BCUT2D eigenvalue weighted by Gasteiger charge is 2.57. The summed E-state index contributed by atoms with van der Waals surface area (Å²) in [6, 6.07) is 0. The SMILES string of the molecule is CC1(C)CC1CNC(=O)C1(C(=O)O)CC1. The fourth-order valence-electron chi connectivity index (χ4n) is 1.97. The Balaban J connectivity index is 1.81. The maximum atomic E-state index is 11.6. The van der Waals surface area contributed by atoms with Crippen LogP contribution in [0.4, 0.5) is 0 Å². The van der Waals surface area contributed by atoms with Crippen molar-refractivity contribution < 1.29 is 14.7 Å². The molecule has 4 heteroatoms. The summed E-state index contributed by atoms with van der Waals surface area (Å²) in [6.07, 6.45) is 2.10. The minimum Gasteiger partial charge on any atom is -0.480 e. The third kappa shape index (κ3) is 1.73. The summed E-state index contributed by atoms with van der Waals surface area (Å²) in [5.74, 6) is -0.751. The van der Waals surface area contributed by atoms with Crippen LogP contribution in [0.3, 0.4) is 0 Å². The molecule has 0 aromatic rings. The predicted octanol–water partition coefficient (Wildman–Crippen LogP) is 1.01. The lowest BCUT2D eigenvalue weighted by Gasteiger charge is -2.11. The van der Waals surface area contributed by atoms with Gasteiger partial charge in [-0.05, 0) is 30.6 Å². The Morgan fingerprint density at radius 1 is 1.40 bits per heavy atom. The van der Waals surface area contributed by atoms with Gasteiger partial charge in [-0.3, -0.25) is 9.59 Å². The minimum atomic E-state index is -1.08. The van der Waals surface area contributed by atoms with E-state index in [1.165, 1.54) is 0 Å². The van der Waals surface area contributed by atoms with E-state index in [9.17, 15) is 9.59 Å². The lowest BCUT2D eigenvalue weighted by Crippen LogP contribution is -2.38. The number of hydrogen-bond donors (Lipinski definition) is 2. The lowest BCUT2D eigenvalue weighted by molar-refractivity contribution is -0.149. The second-order valence-corrected chi connectivity index (χ2v) is 5.49. The Kier molecular flexibility index (Phi) is 2.07. The largest absolute Gasteiger partial charge is 0.480 e. The van der Waals surface area contributed by atoms with E-state index < -0.39 is 11.4 Å². The van der Waals surface area contributed by atoms with Crippen molar-refractivity contribution in [1.29, 1.82) is 0 Å². The van der Waals surface area contributed by atoms with Gasteiger partial charge in [-0.1, -0.05) is 13.8 Å². The van der Waals surface area contributed by atoms with Crippen molar-refractivity contribution in [2.45, 2.75) is 33.1 Å². The van der Waals surface area contributed by atoms with E-state index in [1.54, 1.807) is 0 Å². The molecule has 1 atom stereocenters. The highest BCUT2D eigenvalue weighted by molar-refractivity contribution is 6.04. The number of aliphatic carboxylic acids is 1. The van der Waals surface area contributed by atoms with Crippen molar-refractivity contribution in [1.82, 2.24) is 5.32 Å². The minimum absolute atomic E-state index is 0.294. The molecule has 84 valence electrons. The fourth-order valence-corrected chi connectivity index (χ4v) is 1.97. The molecule has 2 rings (SSSR count). The van der Waals surface area contributed by atoms with Crippen LogP contribution in [-0.4, -0.2) is 23.5 Å². The summed E-state index contributed by atoms with van der Waals surface area (Å²) in [6.45, 7) is 4.95. The first kappa shape index (κ1) is 10.5. The molecule has 2 aliphatic carbocycles. The van der Waals surface area contributed by atoms with Gasteiger partial charge in [0, 0.05) is 6.54 Å². The molecule has 0 aliphatic heterocycles. The van der Waals surface area contributed by atoms with Gasteiger partial charge in [-0.25, -0.2) is 0 Å². The Morgan fingerprint density at radius 3 is 2.27 bits per heavy atom. The molecule has 2 saturated carbocycles. The molecule has 0 spiro atoms. The van der Waals surface area contributed by atoms with Gasteiger partial charge in [0.15, 0.2) is 0 Å². The summed E-state index contributed by atoms with van der Waals surface area (Å²) < 4.78 is 0. The van der Waals surface area contributed by atoms with E-state index in [-0.39, 0.29) is 5.91 Å². The first-order valence-electron chi connectivity index (χ1n) is 5.40. The van der Waals surface area contributed by atoms with Crippen LogP contribution >= 0.6 is 0 Å². The van der Waals surface area contributed by atoms with Gasteiger partial charge >= 0.3 is 5.97 Å². The molecule has 1 amide bonds. The first-order valence-corrected chi connectivity index (χ1v) is 5.40. The second kappa shape index (κ2) is 2.97. The van der Waals surface area contributed by atoms with E-state index in [1.807, 2.05) is 0 Å². The second-order valence-electron chi connectivity index (χ2n) is 5.49. The summed E-state index contributed by atoms with van der Waals surface area (Å²) in [4.78, 5) is 22.5. The summed E-state index contributed by atoms with van der Waals surface area (Å²) in [5, 5.41) is 11.7. The zero-order chi connectivity index (χ0) is 11.3. The average Bonchev–Trinajstić information content (AvgIpc) is 2.98. The smallest absolute Gasteiger partial charge is 0.319 e. The molecule has 0 saturated heterocycles. The Morgan fingerprint density at radius 2 is 1.93 bits per heavy atom. The maximum absolute atomic E-state index is 11.6. The van der Waals surface area contributed by atoms with Crippen molar-refractivity contribution in [3.8, 4) is 0 Å². The molecule has 0 aromatic carbocycles. The van der Waals surface area contributed by atoms with Crippen LogP contribution in [0.2, 0.25) is 0 Å². The van der Waals surface area contributed by atoms with Crippen LogP contribution in [0.15, 0.2) is 0 Å². The van der Waals surface area contributed by atoms with Gasteiger partial charge in [0.2, 0.25) is 5.91 Å². The Hall–Kier alpha value is -1.06. The summed E-state index contributed by atoms with van der Waals surface area (Å²) in [7, 11) is 0. The van der Waals surface area contributed by atoms with Crippen molar-refractivity contribution in [2.24, 2.45) is 16.7 Å². The topological polar surface area (TPSA) is 66.4 Å². The van der Waals surface area contributed by atoms with Gasteiger partial charge in [0.05, 0.1) is 0 Å². The van der Waals surface area contributed by atoms with Gasteiger partial charge in [-0.15, -0.1) is 0 Å². The Bertz CT molecular complexity index is 318. The number of amides is 1. The van der Waals surface area contributed by atoms with Crippen LogP contribution in [0.1, 0.15) is 33.1 Å². The van der Waals surface area contributed by atoms with Crippen molar-refractivity contribution >= 4 is 11.9 Å². The monoisotopic (exact) mass is 211 g/mol. The van der Waals surface area contributed by atoms with Gasteiger partial charge < -0.3 is 10.4 Å². The number of rotatable bonds is 4. The highest BCUT2D eigenvalue weighted by atomic mass is 16.4. The standard InChI is InChI=1S/C11H17NO3/c1-10(2)5-7(10)6-12-8(13)11(3-4-11)9(14)15/h7H,3-6H2,1-2H3,(H,12,13)(H,14,15). The number of carbonyl (C=O) groups excluding carboxylic acids is 1. The fraction of sp³-hybridized carbons (Fsp3) is 0.818. The molecule has 0 bridgehead atoms. The maximum Gasteiger partial charge on any atom is 0.319 e. The number of carboxylic acid groups (broad SMARTS) is 1. The van der Waals surface area contributed by atoms with Crippen molar-refractivity contribution in [3.63, 3.8) is 0 Å². The zero-order valence-electron chi connectivity index (χ0n) is 9.17. The van der Waals surface area contributed by atoms with Crippen molar-refractivity contribution in [2.75, 3.05) is 6.54 Å². The van der Waals surface area contributed by atoms with E-state index in [2.05, 4.69) is 19.2 Å². The molecular formula is C11H17NO3. The summed E-state index contributed by atoms with van der Waals surface area (Å²) in [5.41, 5.74) is -0.758. The van der Waals surface area contributed by atoms with Crippen LogP contribution in [0.25, 0.3) is 0 Å². The third-order valence-electron chi connectivity index (χ3n) is 3.82. The van der Waals surface area contributed by atoms with Crippen LogP contribution in [0.5, 0.6) is 0 Å². The van der Waals surface area contributed by atoms with E-state index in [0.717, 1.165) is 6.42 Å². The molecular weight excluding hydrogens is 194 g/mol. The predicted molar refractivity (Wildman–Crippen MR) is 54.2 cm³/mol. The van der Waals surface area contributed by atoms with E-state index in [4.69, 9.17) is 5.11 Å². The van der Waals surface area contributed by atoms with E-state index >= 15 is 0 Å².